The lowest BCUT2D eigenvalue weighted by Gasteiger charge is -2.36. The molecule has 3 rings (SSSR count). The number of hydrogen-bond donors (Lipinski definition) is 0. The van der Waals surface area contributed by atoms with Gasteiger partial charge in [-0.3, -0.25) is 24.1 Å². The number of imide groups is 1. The molecule has 1 aromatic carbocycles. The minimum Gasteiger partial charge on any atom is -0.343 e. The summed E-state index contributed by atoms with van der Waals surface area (Å²) >= 11 is 0. The van der Waals surface area contributed by atoms with E-state index in [4.69, 9.17) is 0 Å². The Morgan fingerprint density at radius 2 is 1.83 bits per heavy atom. The molecule has 192 valence electrons. The van der Waals surface area contributed by atoms with Gasteiger partial charge in [0.2, 0.25) is 23.6 Å². The van der Waals surface area contributed by atoms with Crippen molar-refractivity contribution in [3.63, 3.8) is 0 Å². The van der Waals surface area contributed by atoms with Crippen LogP contribution in [0, 0.1) is 5.92 Å². The summed E-state index contributed by atoms with van der Waals surface area (Å²) < 4.78 is 40.3. The third-order valence-corrected chi connectivity index (χ3v) is 7.12. The molecule has 2 saturated heterocycles. The highest BCUT2D eigenvalue weighted by Gasteiger charge is 2.54. The molecule has 0 radical (unpaired) electrons. The van der Waals surface area contributed by atoms with Crippen molar-refractivity contribution < 1.29 is 32.3 Å². The molecule has 2 fully saturated rings. The van der Waals surface area contributed by atoms with E-state index in [0.717, 1.165) is 17.0 Å². The molecular formula is C25H32F3N3O4. The maximum Gasteiger partial charge on any atom is 0.416 e. The summed E-state index contributed by atoms with van der Waals surface area (Å²) in [6.45, 7) is 7.13. The second-order valence-corrected chi connectivity index (χ2v) is 9.15. The van der Waals surface area contributed by atoms with Crippen molar-refractivity contribution in [2.24, 2.45) is 5.92 Å². The molecule has 35 heavy (non-hydrogen) atoms. The first-order valence-electron chi connectivity index (χ1n) is 12.1. The van der Waals surface area contributed by atoms with Gasteiger partial charge in [0, 0.05) is 45.6 Å². The van der Waals surface area contributed by atoms with Crippen LogP contribution in [0.25, 0.3) is 0 Å². The Hall–Kier alpha value is -2.91. The highest BCUT2D eigenvalue weighted by molar-refractivity contribution is 6.10. The van der Waals surface area contributed by atoms with Crippen molar-refractivity contribution >= 4 is 23.6 Å². The largest absolute Gasteiger partial charge is 0.416 e. The number of nitrogens with zero attached hydrogens (tertiary/aromatic N) is 3. The van der Waals surface area contributed by atoms with Crippen molar-refractivity contribution in [3.05, 3.63) is 35.4 Å². The second-order valence-electron chi connectivity index (χ2n) is 9.15. The lowest BCUT2D eigenvalue weighted by Crippen LogP contribution is -2.49. The van der Waals surface area contributed by atoms with Gasteiger partial charge in [-0.2, -0.15) is 13.2 Å². The monoisotopic (exact) mass is 495 g/mol. The number of piperidine rings is 1. The van der Waals surface area contributed by atoms with Gasteiger partial charge in [0.25, 0.3) is 0 Å². The SMILES string of the molecule is CCN(CC)C(=O)[C@H]1CCCN(C(=O)C[C@]2(c3cccc(C(F)(F)F)c3)CC(=O)N(CC)C2=O)C1. The summed E-state index contributed by atoms with van der Waals surface area (Å²) in [6, 6.07) is 4.32. The van der Waals surface area contributed by atoms with Gasteiger partial charge in [0.05, 0.1) is 16.9 Å². The average Bonchev–Trinajstić information content (AvgIpc) is 3.08. The van der Waals surface area contributed by atoms with Gasteiger partial charge in [-0.05, 0) is 45.2 Å². The molecule has 0 N–H and O–H groups in total. The first-order chi connectivity index (χ1) is 16.5. The molecule has 0 unspecified atom stereocenters. The van der Waals surface area contributed by atoms with E-state index in [0.29, 0.717) is 32.5 Å². The number of carbonyl (C=O) groups is 4. The highest BCUT2D eigenvalue weighted by atomic mass is 19.4. The van der Waals surface area contributed by atoms with Crippen molar-refractivity contribution in [1.29, 1.82) is 0 Å². The quantitative estimate of drug-likeness (QED) is 0.545. The zero-order valence-electron chi connectivity index (χ0n) is 20.4. The Morgan fingerprint density at radius 3 is 2.40 bits per heavy atom. The van der Waals surface area contributed by atoms with Crippen LogP contribution in [-0.4, -0.2) is 71.1 Å². The van der Waals surface area contributed by atoms with Gasteiger partial charge in [-0.15, -0.1) is 0 Å². The molecule has 0 spiro atoms. The van der Waals surface area contributed by atoms with Crippen LogP contribution in [0.2, 0.25) is 0 Å². The molecule has 2 atom stereocenters. The Bertz CT molecular complexity index is 992. The smallest absolute Gasteiger partial charge is 0.343 e. The van der Waals surface area contributed by atoms with Crippen LogP contribution in [0.3, 0.4) is 0 Å². The molecule has 0 bridgehead atoms. The zero-order valence-corrected chi connectivity index (χ0v) is 20.4. The minimum absolute atomic E-state index is 0.00255. The van der Waals surface area contributed by atoms with Gasteiger partial charge >= 0.3 is 6.18 Å². The Kier molecular flexibility index (Phi) is 7.91. The number of likely N-dealkylation sites (N-methyl/N-ethyl adjacent to an activating group) is 1. The fourth-order valence-electron chi connectivity index (χ4n) is 5.15. The molecule has 0 aliphatic carbocycles. The number of amides is 4. The minimum atomic E-state index is -4.64. The molecule has 2 aliphatic heterocycles. The maximum atomic E-state index is 13.4. The highest BCUT2D eigenvalue weighted by Crippen LogP contribution is 2.42. The first-order valence-corrected chi connectivity index (χ1v) is 12.1. The van der Waals surface area contributed by atoms with Gasteiger partial charge in [0.1, 0.15) is 0 Å². The molecule has 4 amide bonds. The number of halogens is 3. The molecule has 10 heteroatoms. The lowest BCUT2D eigenvalue weighted by molar-refractivity contribution is -0.145. The molecule has 0 saturated carbocycles. The average molecular weight is 496 g/mol. The van der Waals surface area contributed by atoms with Crippen molar-refractivity contribution in [2.75, 3.05) is 32.7 Å². The number of carbonyl (C=O) groups excluding carboxylic acids is 4. The van der Waals surface area contributed by atoms with Crippen molar-refractivity contribution in [3.8, 4) is 0 Å². The van der Waals surface area contributed by atoms with Crippen LogP contribution in [0.5, 0.6) is 0 Å². The van der Waals surface area contributed by atoms with Gasteiger partial charge in [0.15, 0.2) is 0 Å². The summed E-state index contributed by atoms with van der Waals surface area (Å²) in [6.07, 6.45) is -4.20. The summed E-state index contributed by atoms with van der Waals surface area (Å²) in [5.74, 6) is -2.03. The van der Waals surface area contributed by atoms with Gasteiger partial charge in [-0.1, -0.05) is 18.2 Å². The molecule has 1 aromatic rings. The van der Waals surface area contributed by atoms with Crippen molar-refractivity contribution in [2.45, 2.75) is 58.0 Å². The molecule has 2 heterocycles. The summed E-state index contributed by atoms with van der Waals surface area (Å²) in [5.41, 5.74) is -2.65. The standard InChI is InChI=1S/C25H32F3N3O4/c1-4-29(5-2)22(34)17-9-8-12-30(16-17)20(32)14-24(15-21(33)31(6-3)23(24)35)18-10-7-11-19(13-18)25(26,27)28/h7,10-11,13,17H,4-6,8-9,12,14-16H2,1-3H3/t17-,24+/m0/s1. The van der Waals surface area contributed by atoms with E-state index in [-0.39, 0.29) is 36.9 Å². The van der Waals surface area contributed by atoms with Crippen LogP contribution in [-0.2, 0) is 30.8 Å². The normalized spacial score (nSPS) is 23.1. The number of likely N-dealkylation sites (tertiary alicyclic amines) is 2. The van der Waals surface area contributed by atoms with Crippen LogP contribution in [0.15, 0.2) is 24.3 Å². The number of alkyl halides is 3. The van der Waals surface area contributed by atoms with Crippen LogP contribution in [0.4, 0.5) is 13.2 Å². The topological polar surface area (TPSA) is 78.0 Å². The predicted octanol–water partition coefficient (Wildman–Crippen LogP) is 3.22. The van der Waals surface area contributed by atoms with E-state index < -0.39 is 41.3 Å². The summed E-state index contributed by atoms with van der Waals surface area (Å²) in [4.78, 5) is 56.5. The Morgan fingerprint density at radius 1 is 1.14 bits per heavy atom. The van der Waals surface area contributed by atoms with E-state index in [1.807, 2.05) is 13.8 Å². The summed E-state index contributed by atoms with van der Waals surface area (Å²) in [5, 5.41) is 0. The molecular weight excluding hydrogens is 463 g/mol. The summed E-state index contributed by atoms with van der Waals surface area (Å²) in [7, 11) is 0. The first kappa shape index (κ1) is 26.7. The number of hydrogen-bond acceptors (Lipinski definition) is 4. The van der Waals surface area contributed by atoms with Crippen LogP contribution >= 0.6 is 0 Å². The fraction of sp³-hybridized carbons (Fsp3) is 0.600. The van der Waals surface area contributed by atoms with E-state index >= 15 is 0 Å². The van der Waals surface area contributed by atoms with Crippen LogP contribution in [0.1, 0.15) is 57.6 Å². The Balaban J connectivity index is 1.92. The Labute approximate surface area is 203 Å². The molecule has 0 aromatic heterocycles. The van der Waals surface area contributed by atoms with Crippen molar-refractivity contribution in [1.82, 2.24) is 14.7 Å². The lowest BCUT2D eigenvalue weighted by atomic mass is 9.75. The van der Waals surface area contributed by atoms with Gasteiger partial charge < -0.3 is 9.80 Å². The maximum absolute atomic E-state index is 13.4. The molecule has 7 nitrogen and oxygen atoms in total. The number of benzene rings is 1. The number of rotatable bonds is 7. The second kappa shape index (κ2) is 10.4. The molecule has 2 aliphatic rings. The van der Waals surface area contributed by atoms with E-state index in [2.05, 4.69) is 0 Å². The van der Waals surface area contributed by atoms with Gasteiger partial charge in [-0.25, -0.2) is 0 Å². The van der Waals surface area contributed by atoms with E-state index in [1.165, 1.54) is 17.0 Å². The van der Waals surface area contributed by atoms with Crippen LogP contribution < -0.4 is 0 Å². The fourth-order valence-corrected chi connectivity index (χ4v) is 5.15. The zero-order chi connectivity index (χ0) is 26.0. The third kappa shape index (κ3) is 5.21. The predicted molar refractivity (Wildman–Crippen MR) is 122 cm³/mol. The third-order valence-electron chi connectivity index (χ3n) is 7.12. The van der Waals surface area contributed by atoms with E-state index in [9.17, 15) is 32.3 Å². The van der Waals surface area contributed by atoms with E-state index in [1.54, 1.807) is 11.8 Å².